The summed E-state index contributed by atoms with van der Waals surface area (Å²) in [6.45, 7) is 5.93. The minimum atomic E-state index is -0.639. The summed E-state index contributed by atoms with van der Waals surface area (Å²) >= 11 is 0. The molecule has 3 aliphatic rings. The van der Waals surface area contributed by atoms with Gasteiger partial charge in [0.1, 0.15) is 11.5 Å². The average Bonchev–Trinajstić information content (AvgIpc) is 2.52. The third-order valence-electron chi connectivity index (χ3n) is 4.64. The Morgan fingerprint density at radius 3 is 3.00 bits per heavy atom. The fourth-order valence-electron chi connectivity index (χ4n) is 3.88. The van der Waals surface area contributed by atoms with Gasteiger partial charge in [-0.05, 0) is 26.2 Å². The molecule has 0 unspecified atom stereocenters. The standard InChI is InChI=1S/C12H16O3/c1-6-5-12-9(7(2)15-11(12)14)4-3-8(6)10(12)13/h7-10,13H,1,3-5H2,2H3/t7-,8+,9+,10-,12-/m1/s1. The third kappa shape index (κ3) is 0.882. The van der Waals surface area contributed by atoms with Crippen LogP contribution in [0.2, 0.25) is 0 Å². The predicted octanol–water partition coefficient (Wildman–Crippen LogP) is 1.27. The van der Waals surface area contributed by atoms with Crippen LogP contribution >= 0.6 is 0 Å². The normalized spacial score (nSPS) is 52.9. The van der Waals surface area contributed by atoms with E-state index in [1.54, 1.807) is 0 Å². The van der Waals surface area contributed by atoms with Gasteiger partial charge in [-0.2, -0.15) is 0 Å². The predicted molar refractivity (Wildman–Crippen MR) is 54.0 cm³/mol. The molecule has 5 atom stereocenters. The van der Waals surface area contributed by atoms with Gasteiger partial charge >= 0.3 is 5.97 Å². The summed E-state index contributed by atoms with van der Waals surface area (Å²) in [6.07, 6.45) is 1.97. The first kappa shape index (κ1) is 9.40. The fourth-order valence-corrected chi connectivity index (χ4v) is 3.88. The van der Waals surface area contributed by atoms with Gasteiger partial charge in [-0.25, -0.2) is 0 Å². The lowest BCUT2D eigenvalue weighted by atomic mass is 9.65. The molecule has 2 aliphatic carbocycles. The molecule has 1 aliphatic heterocycles. The molecule has 3 fully saturated rings. The molecule has 2 bridgehead atoms. The lowest BCUT2D eigenvalue weighted by Crippen LogP contribution is -2.46. The number of esters is 1. The Kier molecular flexibility index (Phi) is 1.66. The zero-order valence-corrected chi connectivity index (χ0v) is 8.90. The molecule has 1 heterocycles. The Labute approximate surface area is 89.1 Å². The van der Waals surface area contributed by atoms with Crippen molar-refractivity contribution in [3.8, 4) is 0 Å². The van der Waals surface area contributed by atoms with Crippen LogP contribution in [0.1, 0.15) is 26.2 Å². The van der Waals surface area contributed by atoms with E-state index in [1.165, 1.54) is 0 Å². The number of cyclic esters (lactones) is 1. The van der Waals surface area contributed by atoms with E-state index in [0.29, 0.717) is 6.42 Å². The Bertz CT molecular complexity index is 349. The van der Waals surface area contributed by atoms with Crippen LogP contribution in [0.5, 0.6) is 0 Å². The largest absolute Gasteiger partial charge is 0.462 e. The lowest BCUT2D eigenvalue weighted by molar-refractivity contribution is -0.154. The van der Waals surface area contributed by atoms with Crippen molar-refractivity contribution in [2.45, 2.75) is 38.4 Å². The highest BCUT2D eigenvalue weighted by Gasteiger charge is 2.67. The molecule has 0 aromatic rings. The highest BCUT2D eigenvalue weighted by Crippen LogP contribution is 2.61. The molecule has 15 heavy (non-hydrogen) atoms. The quantitative estimate of drug-likeness (QED) is 0.481. The summed E-state index contributed by atoms with van der Waals surface area (Å²) in [7, 11) is 0. The van der Waals surface area contributed by atoms with Crippen LogP contribution in [0.3, 0.4) is 0 Å². The maximum Gasteiger partial charge on any atom is 0.315 e. The molecule has 3 heteroatoms. The Hall–Kier alpha value is -0.830. The van der Waals surface area contributed by atoms with Crippen molar-refractivity contribution in [1.29, 1.82) is 0 Å². The number of carbonyl (C=O) groups excluding carboxylic acids is 1. The second kappa shape index (κ2) is 2.64. The average molecular weight is 208 g/mol. The van der Waals surface area contributed by atoms with Gasteiger partial charge in [0.05, 0.1) is 6.10 Å². The zero-order valence-electron chi connectivity index (χ0n) is 8.90. The smallest absolute Gasteiger partial charge is 0.315 e. The maximum atomic E-state index is 11.9. The lowest BCUT2D eigenvalue weighted by Gasteiger charge is -2.36. The number of aliphatic hydroxyl groups excluding tert-OH is 1. The van der Waals surface area contributed by atoms with Crippen LogP contribution < -0.4 is 0 Å². The Morgan fingerprint density at radius 1 is 1.53 bits per heavy atom. The van der Waals surface area contributed by atoms with Crippen LogP contribution in [0.4, 0.5) is 0 Å². The molecule has 3 nitrogen and oxygen atoms in total. The van der Waals surface area contributed by atoms with Crippen molar-refractivity contribution >= 4 is 5.97 Å². The number of hydrogen-bond acceptors (Lipinski definition) is 3. The van der Waals surface area contributed by atoms with E-state index in [1.807, 2.05) is 6.92 Å². The molecule has 2 saturated carbocycles. The van der Waals surface area contributed by atoms with Crippen LogP contribution in [-0.4, -0.2) is 23.3 Å². The summed E-state index contributed by atoms with van der Waals surface area (Å²) in [5.74, 6) is 0.116. The van der Waals surface area contributed by atoms with Gasteiger partial charge in [0.15, 0.2) is 0 Å². The van der Waals surface area contributed by atoms with E-state index in [0.717, 1.165) is 18.4 Å². The third-order valence-corrected chi connectivity index (χ3v) is 4.64. The molecular formula is C12H16O3. The first-order chi connectivity index (χ1) is 7.07. The second-order valence-electron chi connectivity index (χ2n) is 5.22. The minimum absolute atomic E-state index is 0.0426. The van der Waals surface area contributed by atoms with Crippen LogP contribution in [0.25, 0.3) is 0 Å². The van der Waals surface area contributed by atoms with E-state index in [-0.39, 0.29) is 23.9 Å². The van der Waals surface area contributed by atoms with Gasteiger partial charge in [-0.1, -0.05) is 12.2 Å². The molecule has 0 aromatic carbocycles. The van der Waals surface area contributed by atoms with E-state index in [9.17, 15) is 9.90 Å². The Balaban J connectivity index is 2.11. The number of ether oxygens (including phenoxy) is 1. The van der Waals surface area contributed by atoms with Gasteiger partial charge in [0.2, 0.25) is 0 Å². The van der Waals surface area contributed by atoms with Gasteiger partial charge < -0.3 is 9.84 Å². The topological polar surface area (TPSA) is 46.5 Å². The number of carbonyl (C=O) groups is 1. The molecule has 0 amide bonds. The van der Waals surface area contributed by atoms with Crippen molar-refractivity contribution in [3.05, 3.63) is 12.2 Å². The van der Waals surface area contributed by atoms with Gasteiger partial charge in [0, 0.05) is 11.8 Å². The molecular weight excluding hydrogens is 192 g/mol. The second-order valence-corrected chi connectivity index (χ2v) is 5.22. The summed E-state index contributed by atoms with van der Waals surface area (Å²) in [5.41, 5.74) is 0.399. The van der Waals surface area contributed by atoms with Crippen molar-refractivity contribution < 1.29 is 14.6 Å². The zero-order chi connectivity index (χ0) is 10.8. The number of fused-ring (bicyclic) bond motifs is 1. The fraction of sp³-hybridized carbons (Fsp3) is 0.750. The summed E-state index contributed by atoms with van der Waals surface area (Å²) < 4.78 is 5.31. The molecule has 1 spiro atoms. The summed E-state index contributed by atoms with van der Waals surface area (Å²) in [4.78, 5) is 11.9. The van der Waals surface area contributed by atoms with Crippen LogP contribution in [-0.2, 0) is 9.53 Å². The monoisotopic (exact) mass is 208 g/mol. The van der Waals surface area contributed by atoms with Crippen molar-refractivity contribution in [1.82, 2.24) is 0 Å². The summed E-state index contributed by atoms with van der Waals surface area (Å²) in [5, 5.41) is 10.3. The minimum Gasteiger partial charge on any atom is -0.462 e. The SMILES string of the molecule is C=C1C[C@@]23C(=O)O[C@H](C)[C@@H]2CC[C@@H]1[C@H]3O. The van der Waals surface area contributed by atoms with Gasteiger partial charge in [-0.15, -0.1) is 0 Å². The van der Waals surface area contributed by atoms with E-state index < -0.39 is 11.5 Å². The van der Waals surface area contributed by atoms with Crippen molar-refractivity contribution in [2.75, 3.05) is 0 Å². The van der Waals surface area contributed by atoms with E-state index in [2.05, 4.69) is 6.58 Å². The maximum absolute atomic E-state index is 11.9. The van der Waals surface area contributed by atoms with Crippen LogP contribution in [0.15, 0.2) is 12.2 Å². The van der Waals surface area contributed by atoms with Crippen molar-refractivity contribution in [2.24, 2.45) is 17.3 Å². The molecule has 82 valence electrons. The van der Waals surface area contributed by atoms with E-state index in [4.69, 9.17) is 4.74 Å². The number of hydrogen-bond donors (Lipinski definition) is 1. The highest BCUT2D eigenvalue weighted by molar-refractivity contribution is 5.82. The van der Waals surface area contributed by atoms with Crippen molar-refractivity contribution in [3.63, 3.8) is 0 Å². The number of rotatable bonds is 0. The Morgan fingerprint density at radius 2 is 2.27 bits per heavy atom. The first-order valence-corrected chi connectivity index (χ1v) is 5.64. The molecule has 1 saturated heterocycles. The van der Waals surface area contributed by atoms with Gasteiger partial charge in [-0.3, -0.25) is 4.79 Å². The number of aliphatic hydroxyl groups is 1. The molecule has 3 rings (SSSR count). The summed E-state index contributed by atoms with van der Waals surface area (Å²) in [6, 6.07) is 0. The molecule has 0 aromatic heterocycles. The first-order valence-electron chi connectivity index (χ1n) is 5.64. The van der Waals surface area contributed by atoms with Crippen LogP contribution in [0, 0.1) is 17.3 Å². The molecule has 0 radical (unpaired) electrons. The molecule has 1 N–H and O–H groups in total. The van der Waals surface area contributed by atoms with E-state index >= 15 is 0 Å². The van der Waals surface area contributed by atoms with Gasteiger partial charge in [0.25, 0.3) is 0 Å². The highest BCUT2D eigenvalue weighted by atomic mass is 16.6.